The van der Waals surface area contributed by atoms with E-state index >= 15 is 0 Å². The summed E-state index contributed by atoms with van der Waals surface area (Å²) in [6, 6.07) is -0.205. The molecule has 2 aliphatic heterocycles. The molecule has 1 atom stereocenters. The summed E-state index contributed by atoms with van der Waals surface area (Å²) in [7, 11) is -3.31. The van der Waals surface area contributed by atoms with Crippen LogP contribution >= 0.6 is 0 Å². The molecule has 0 aromatic carbocycles. The highest BCUT2D eigenvalue weighted by atomic mass is 32.2. The second-order valence-corrected chi connectivity index (χ2v) is 7.94. The monoisotopic (exact) mass is 332 g/mol. The average Bonchev–Trinajstić information content (AvgIpc) is 3.07. The van der Waals surface area contributed by atoms with Crippen molar-refractivity contribution in [2.24, 2.45) is 0 Å². The van der Waals surface area contributed by atoms with Crippen molar-refractivity contribution in [2.75, 3.05) is 45.8 Å². The summed E-state index contributed by atoms with van der Waals surface area (Å²) in [6.45, 7) is 8.00. The molecular weight excluding hydrogens is 304 g/mol. The van der Waals surface area contributed by atoms with E-state index in [2.05, 4.69) is 10.2 Å². The summed E-state index contributed by atoms with van der Waals surface area (Å²) in [4.78, 5) is 14.1. The second kappa shape index (κ2) is 7.72. The molecule has 1 amide bonds. The molecule has 22 heavy (non-hydrogen) atoms. The lowest BCUT2D eigenvalue weighted by Gasteiger charge is -2.38. The van der Waals surface area contributed by atoms with Crippen LogP contribution < -0.4 is 5.32 Å². The van der Waals surface area contributed by atoms with Crippen molar-refractivity contribution >= 4 is 16.1 Å². The number of hydrogen-bond donors (Lipinski definition) is 1. The van der Waals surface area contributed by atoms with Gasteiger partial charge in [-0.05, 0) is 26.2 Å². The first kappa shape index (κ1) is 17.7. The van der Waals surface area contributed by atoms with E-state index in [1.54, 1.807) is 8.61 Å². The smallest absolute Gasteiger partial charge is 0.282 e. The first-order valence-electron chi connectivity index (χ1n) is 8.23. The van der Waals surface area contributed by atoms with Gasteiger partial charge in [-0.3, -0.25) is 9.69 Å². The van der Waals surface area contributed by atoms with Crippen molar-refractivity contribution in [3.8, 4) is 0 Å². The van der Waals surface area contributed by atoms with Crippen LogP contribution in [0.2, 0.25) is 0 Å². The predicted octanol–water partition coefficient (Wildman–Crippen LogP) is -0.141. The topological polar surface area (TPSA) is 73.0 Å². The van der Waals surface area contributed by atoms with E-state index in [-0.39, 0.29) is 11.9 Å². The molecule has 0 radical (unpaired) electrons. The highest BCUT2D eigenvalue weighted by Gasteiger charge is 2.35. The molecule has 0 spiro atoms. The van der Waals surface area contributed by atoms with E-state index in [1.807, 2.05) is 13.8 Å². The number of carbonyl (C=O) groups is 1. The molecule has 0 saturated carbocycles. The van der Waals surface area contributed by atoms with Gasteiger partial charge in [-0.1, -0.05) is 6.92 Å². The molecular formula is C14H28N4O3S. The molecule has 2 aliphatic rings. The molecule has 0 aliphatic carbocycles. The van der Waals surface area contributed by atoms with Gasteiger partial charge >= 0.3 is 0 Å². The molecule has 0 aromatic rings. The molecule has 2 heterocycles. The van der Waals surface area contributed by atoms with Crippen LogP contribution in [0.15, 0.2) is 0 Å². The van der Waals surface area contributed by atoms with Crippen LogP contribution in [-0.4, -0.2) is 79.7 Å². The molecule has 2 rings (SSSR count). The van der Waals surface area contributed by atoms with Gasteiger partial charge in [0.05, 0.1) is 6.04 Å². The lowest BCUT2D eigenvalue weighted by molar-refractivity contribution is -0.126. The molecule has 0 aromatic heterocycles. The van der Waals surface area contributed by atoms with Gasteiger partial charge in [0, 0.05) is 45.8 Å². The zero-order valence-electron chi connectivity index (χ0n) is 13.6. The van der Waals surface area contributed by atoms with Crippen molar-refractivity contribution in [1.82, 2.24) is 18.8 Å². The molecule has 0 unspecified atom stereocenters. The van der Waals surface area contributed by atoms with Crippen molar-refractivity contribution in [3.05, 3.63) is 0 Å². The number of amides is 1. The van der Waals surface area contributed by atoms with Gasteiger partial charge in [0.2, 0.25) is 5.91 Å². The minimum atomic E-state index is -3.31. The van der Waals surface area contributed by atoms with E-state index in [0.717, 1.165) is 19.3 Å². The Balaban J connectivity index is 1.86. The summed E-state index contributed by atoms with van der Waals surface area (Å²) in [5, 5.41) is 2.89. The Bertz CT molecular complexity index is 468. The van der Waals surface area contributed by atoms with Crippen molar-refractivity contribution in [1.29, 1.82) is 0 Å². The predicted molar refractivity (Wildman–Crippen MR) is 85.6 cm³/mol. The summed E-state index contributed by atoms with van der Waals surface area (Å²) in [5.74, 6) is 0.0256. The standard InChI is InChI=1S/C14H28N4O3S/c1-3-6-15-14(19)13(2)16-9-11-18(12-10-16)22(20,21)17-7-4-5-8-17/h13H,3-12H2,1-2H3,(H,15,19)/t13-/m0/s1. The van der Waals surface area contributed by atoms with Gasteiger partial charge in [-0.25, -0.2) is 0 Å². The maximum absolute atomic E-state index is 12.5. The number of nitrogens with zero attached hydrogens (tertiary/aromatic N) is 3. The Hall–Kier alpha value is -0.700. The SMILES string of the molecule is CCCNC(=O)[C@H](C)N1CCN(S(=O)(=O)N2CCCC2)CC1. The van der Waals surface area contributed by atoms with Crippen molar-refractivity contribution < 1.29 is 13.2 Å². The maximum atomic E-state index is 12.5. The summed E-state index contributed by atoms with van der Waals surface area (Å²) in [5.41, 5.74) is 0. The quantitative estimate of drug-likeness (QED) is 0.735. The zero-order valence-corrected chi connectivity index (χ0v) is 14.4. The summed E-state index contributed by atoms with van der Waals surface area (Å²) < 4.78 is 28.1. The minimum absolute atomic E-state index is 0.0256. The first-order chi connectivity index (χ1) is 10.5. The molecule has 0 bridgehead atoms. The minimum Gasteiger partial charge on any atom is -0.355 e. The Labute approximate surface area is 133 Å². The third-order valence-corrected chi connectivity index (χ3v) is 6.50. The van der Waals surface area contributed by atoms with Gasteiger partial charge in [0.25, 0.3) is 10.2 Å². The van der Waals surface area contributed by atoms with E-state index in [0.29, 0.717) is 45.8 Å². The van der Waals surface area contributed by atoms with Crippen molar-refractivity contribution in [3.63, 3.8) is 0 Å². The van der Waals surface area contributed by atoms with Crippen molar-refractivity contribution in [2.45, 2.75) is 39.2 Å². The summed E-state index contributed by atoms with van der Waals surface area (Å²) >= 11 is 0. The number of hydrogen-bond acceptors (Lipinski definition) is 4. The van der Waals surface area contributed by atoms with Crippen LogP contribution in [-0.2, 0) is 15.0 Å². The highest BCUT2D eigenvalue weighted by Crippen LogP contribution is 2.18. The first-order valence-corrected chi connectivity index (χ1v) is 9.63. The Morgan fingerprint density at radius 3 is 2.14 bits per heavy atom. The molecule has 7 nitrogen and oxygen atoms in total. The maximum Gasteiger partial charge on any atom is 0.282 e. The third kappa shape index (κ3) is 3.98. The third-order valence-electron chi connectivity index (χ3n) is 4.47. The fourth-order valence-corrected chi connectivity index (χ4v) is 4.64. The van der Waals surface area contributed by atoms with E-state index < -0.39 is 10.2 Å². The van der Waals surface area contributed by atoms with Gasteiger partial charge < -0.3 is 5.32 Å². The Morgan fingerprint density at radius 2 is 1.59 bits per heavy atom. The van der Waals surface area contributed by atoms with Crippen LogP contribution in [0.5, 0.6) is 0 Å². The van der Waals surface area contributed by atoms with E-state index in [9.17, 15) is 13.2 Å². The molecule has 2 saturated heterocycles. The molecule has 2 fully saturated rings. The summed E-state index contributed by atoms with van der Waals surface area (Å²) in [6.07, 6.45) is 2.82. The fourth-order valence-electron chi connectivity index (χ4n) is 2.97. The van der Waals surface area contributed by atoms with Gasteiger partial charge in [-0.15, -0.1) is 0 Å². The number of rotatable bonds is 6. The van der Waals surface area contributed by atoms with Crippen LogP contribution in [0.1, 0.15) is 33.1 Å². The van der Waals surface area contributed by atoms with E-state index in [4.69, 9.17) is 0 Å². The Morgan fingerprint density at radius 1 is 1.05 bits per heavy atom. The zero-order chi connectivity index (χ0) is 16.2. The average molecular weight is 332 g/mol. The largest absolute Gasteiger partial charge is 0.355 e. The molecule has 128 valence electrons. The van der Waals surface area contributed by atoms with Crippen LogP contribution in [0, 0.1) is 0 Å². The van der Waals surface area contributed by atoms with Crippen LogP contribution in [0.3, 0.4) is 0 Å². The molecule has 8 heteroatoms. The number of nitrogens with one attached hydrogen (secondary N) is 1. The lowest BCUT2D eigenvalue weighted by Crippen LogP contribution is -2.56. The lowest BCUT2D eigenvalue weighted by atomic mass is 10.2. The number of carbonyl (C=O) groups excluding carboxylic acids is 1. The Kier molecular flexibility index (Phi) is 6.19. The number of piperazine rings is 1. The van der Waals surface area contributed by atoms with Gasteiger partial charge in [0.1, 0.15) is 0 Å². The van der Waals surface area contributed by atoms with Crippen LogP contribution in [0.25, 0.3) is 0 Å². The normalized spacial score (nSPS) is 23.5. The van der Waals surface area contributed by atoms with E-state index in [1.165, 1.54) is 0 Å². The fraction of sp³-hybridized carbons (Fsp3) is 0.929. The molecule has 1 N–H and O–H groups in total. The van der Waals surface area contributed by atoms with Gasteiger partial charge in [-0.2, -0.15) is 17.0 Å². The van der Waals surface area contributed by atoms with Gasteiger partial charge in [0.15, 0.2) is 0 Å². The van der Waals surface area contributed by atoms with Crippen LogP contribution in [0.4, 0.5) is 0 Å². The second-order valence-electron chi connectivity index (χ2n) is 6.02. The highest BCUT2D eigenvalue weighted by molar-refractivity contribution is 7.86.